The third kappa shape index (κ3) is 2.64. The molecule has 6 nitrogen and oxygen atoms in total. The van der Waals surface area contributed by atoms with Gasteiger partial charge in [-0.1, -0.05) is 5.16 Å². The fourth-order valence-corrected chi connectivity index (χ4v) is 2.56. The lowest BCUT2D eigenvalue weighted by Crippen LogP contribution is -2.40. The van der Waals surface area contributed by atoms with E-state index in [-0.39, 0.29) is 5.41 Å². The average Bonchev–Trinajstić information content (AvgIpc) is 3.06. The first kappa shape index (κ1) is 14.0. The van der Waals surface area contributed by atoms with Crippen LogP contribution in [-0.4, -0.2) is 37.0 Å². The molecule has 6 heteroatoms. The van der Waals surface area contributed by atoms with Gasteiger partial charge in [0.2, 0.25) is 11.7 Å². The highest BCUT2D eigenvalue weighted by Crippen LogP contribution is 2.33. The van der Waals surface area contributed by atoms with Crippen LogP contribution in [0.2, 0.25) is 0 Å². The van der Waals surface area contributed by atoms with Gasteiger partial charge in [-0.15, -0.1) is 0 Å². The monoisotopic (exact) mass is 289 g/mol. The molecule has 3 rings (SSSR count). The molecule has 0 unspecified atom stereocenters. The van der Waals surface area contributed by atoms with Crippen molar-refractivity contribution in [2.45, 2.75) is 18.3 Å². The SMILES string of the molecule is COc1ccc(-c2noc(C3(CN)CCOCC3)n2)cc1. The zero-order valence-corrected chi connectivity index (χ0v) is 12.0. The highest BCUT2D eigenvalue weighted by atomic mass is 16.5. The van der Waals surface area contributed by atoms with Gasteiger partial charge in [-0.3, -0.25) is 0 Å². The van der Waals surface area contributed by atoms with E-state index in [0.29, 0.717) is 31.5 Å². The Hall–Kier alpha value is -1.92. The Morgan fingerprint density at radius 1 is 1.24 bits per heavy atom. The number of hydrogen-bond acceptors (Lipinski definition) is 6. The van der Waals surface area contributed by atoms with Crippen LogP contribution in [0.5, 0.6) is 5.75 Å². The molecule has 1 saturated heterocycles. The second-order valence-corrected chi connectivity index (χ2v) is 5.25. The number of benzene rings is 1. The minimum atomic E-state index is -0.254. The van der Waals surface area contributed by atoms with Crippen LogP contribution < -0.4 is 10.5 Å². The Labute approximate surface area is 123 Å². The number of nitrogens with zero attached hydrogens (tertiary/aromatic N) is 2. The maximum atomic E-state index is 5.96. The van der Waals surface area contributed by atoms with Crippen LogP contribution in [0.1, 0.15) is 18.7 Å². The molecule has 0 spiro atoms. The Morgan fingerprint density at radius 3 is 2.57 bits per heavy atom. The minimum absolute atomic E-state index is 0.254. The van der Waals surface area contributed by atoms with Crippen molar-refractivity contribution in [1.29, 1.82) is 0 Å². The maximum Gasteiger partial charge on any atom is 0.234 e. The number of methoxy groups -OCH3 is 1. The van der Waals surface area contributed by atoms with E-state index in [0.717, 1.165) is 24.2 Å². The predicted octanol–water partition coefficient (Wildman–Crippen LogP) is 1.75. The van der Waals surface area contributed by atoms with Crippen molar-refractivity contribution in [3.63, 3.8) is 0 Å². The van der Waals surface area contributed by atoms with E-state index < -0.39 is 0 Å². The van der Waals surface area contributed by atoms with E-state index in [4.69, 9.17) is 19.7 Å². The smallest absolute Gasteiger partial charge is 0.234 e. The fourth-order valence-electron chi connectivity index (χ4n) is 2.56. The molecule has 1 aliphatic heterocycles. The van der Waals surface area contributed by atoms with Gasteiger partial charge in [0.1, 0.15) is 5.75 Å². The number of nitrogens with two attached hydrogens (primary N) is 1. The number of aromatic nitrogens is 2. The molecule has 2 N–H and O–H groups in total. The Bertz CT molecular complexity index is 588. The zero-order valence-electron chi connectivity index (χ0n) is 12.0. The van der Waals surface area contributed by atoms with Crippen LogP contribution in [0.4, 0.5) is 0 Å². The standard InChI is InChI=1S/C15H19N3O3/c1-19-12-4-2-11(3-5-12)13-17-14(21-18-13)15(10-16)6-8-20-9-7-15/h2-5H,6-10,16H2,1H3. The number of ether oxygens (including phenoxy) is 2. The Morgan fingerprint density at radius 2 is 1.95 bits per heavy atom. The summed E-state index contributed by atoms with van der Waals surface area (Å²) < 4.78 is 16.0. The molecule has 0 radical (unpaired) electrons. The van der Waals surface area contributed by atoms with Gasteiger partial charge >= 0.3 is 0 Å². The highest BCUT2D eigenvalue weighted by molar-refractivity contribution is 5.55. The third-order valence-electron chi connectivity index (χ3n) is 4.07. The molecular formula is C15H19N3O3. The highest BCUT2D eigenvalue weighted by Gasteiger charge is 2.38. The van der Waals surface area contributed by atoms with Crippen molar-refractivity contribution < 1.29 is 14.0 Å². The summed E-state index contributed by atoms with van der Waals surface area (Å²) in [5, 5.41) is 4.09. The molecule has 1 aromatic carbocycles. The van der Waals surface area contributed by atoms with Crippen LogP contribution >= 0.6 is 0 Å². The van der Waals surface area contributed by atoms with Gasteiger partial charge in [-0.05, 0) is 37.1 Å². The van der Waals surface area contributed by atoms with Crippen molar-refractivity contribution in [1.82, 2.24) is 10.1 Å². The molecule has 112 valence electrons. The molecule has 0 saturated carbocycles. The lowest BCUT2D eigenvalue weighted by Gasteiger charge is -2.32. The molecule has 1 aliphatic rings. The van der Waals surface area contributed by atoms with Gasteiger partial charge in [-0.2, -0.15) is 4.98 Å². The fraction of sp³-hybridized carbons (Fsp3) is 0.467. The van der Waals surface area contributed by atoms with Gasteiger partial charge < -0.3 is 19.7 Å². The molecule has 0 amide bonds. The quantitative estimate of drug-likeness (QED) is 0.923. The largest absolute Gasteiger partial charge is 0.497 e. The van der Waals surface area contributed by atoms with E-state index >= 15 is 0 Å². The molecule has 1 aromatic heterocycles. The van der Waals surface area contributed by atoms with E-state index in [2.05, 4.69) is 10.1 Å². The second-order valence-electron chi connectivity index (χ2n) is 5.25. The summed E-state index contributed by atoms with van der Waals surface area (Å²) in [4.78, 5) is 4.55. The first-order chi connectivity index (χ1) is 10.3. The molecule has 0 aliphatic carbocycles. The van der Waals surface area contributed by atoms with Crippen LogP contribution in [0.25, 0.3) is 11.4 Å². The van der Waals surface area contributed by atoms with Gasteiger partial charge in [0.25, 0.3) is 0 Å². The first-order valence-corrected chi connectivity index (χ1v) is 7.04. The molecule has 2 aromatic rings. The van der Waals surface area contributed by atoms with Crippen molar-refractivity contribution in [2.24, 2.45) is 5.73 Å². The third-order valence-corrected chi connectivity index (χ3v) is 4.07. The van der Waals surface area contributed by atoms with Crippen LogP contribution in [0.15, 0.2) is 28.8 Å². The minimum Gasteiger partial charge on any atom is -0.497 e. The van der Waals surface area contributed by atoms with Gasteiger partial charge in [0.15, 0.2) is 0 Å². The lowest BCUT2D eigenvalue weighted by atomic mass is 9.80. The molecule has 1 fully saturated rings. The van der Waals surface area contributed by atoms with Crippen LogP contribution in [0, 0.1) is 0 Å². The normalized spacial score (nSPS) is 17.6. The first-order valence-electron chi connectivity index (χ1n) is 7.04. The summed E-state index contributed by atoms with van der Waals surface area (Å²) in [5.74, 6) is 1.98. The summed E-state index contributed by atoms with van der Waals surface area (Å²) in [7, 11) is 1.64. The van der Waals surface area contributed by atoms with E-state index in [1.165, 1.54) is 0 Å². The molecule has 0 atom stereocenters. The zero-order chi connectivity index (χ0) is 14.7. The lowest BCUT2D eigenvalue weighted by molar-refractivity contribution is 0.0409. The van der Waals surface area contributed by atoms with Gasteiger partial charge in [0, 0.05) is 25.3 Å². The predicted molar refractivity (Wildman–Crippen MR) is 77.1 cm³/mol. The number of rotatable bonds is 4. The van der Waals surface area contributed by atoms with Gasteiger partial charge in [-0.25, -0.2) is 0 Å². The Kier molecular flexibility index (Phi) is 3.90. The van der Waals surface area contributed by atoms with E-state index in [1.54, 1.807) is 7.11 Å². The summed E-state index contributed by atoms with van der Waals surface area (Å²) in [6.07, 6.45) is 1.63. The molecule has 2 heterocycles. The summed E-state index contributed by atoms with van der Waals surface area (Å²) in [5.41, 5.74) is 6.60. The summed E-state index contributed by atoms with van der Waals surface area (Å²) >= 11 is 0. The van der Waals surface area contributed by atoms with Crippen molar-refractivity contribution in [2.75, 3.05) is 26.9 Å². The van der Waals surface area contributed by atoms with Crippen LogP contribution in [-0.2, 0) is 10.2 Å². The summed E-state index contributed by atoms with van der Waals surface area (Å²) in [6.45, 7) is 1.84. The molecule has 21 heavy (non-hydrogen) atoms. The average molecular weight is 289 g/mol. The maximum absolute atomic E-state index is 5.96. The van der Waals surface area contributed by atoms with Crippen molar-refractivity contribution in [3.8, 4) is 17.1 Å². The van der Waals surface area contributed by atoms with Crippen molar-refractivity contribution in [3.05, 3.63) is 30.2 Å². The van der Waals surface area contributed by atoms with E-state index in [1.807, 2.05) is 24.3 Å². The van der Waals surface area contributed by atoms with Crippen molar-refractivity contribution >= 4 is 0 Å². The molecule has 0 bridgehead atoms. The number of hydrogen-bond donors (Lipinski definition) is 1. The molecular weight excluding hydrogens is 270 g/mol. The van der Waals surface area contributed by atoms with Gasteiger partial charge in [0.05, 0.1) is 12.5 Å². The second kappa shape index (κ2) is 5.83. The summed E-state index contributed by atoms with van der Waals surface area (Å²) in [6, 6.07) is 7.57. The van der Waals surface area contributed by atoms with E-state index in [9.17, 15) is 0 Å². The van der Waals surface area contributed by atoms with Crippen LogP contribution in [0.3, 0.4) is 0 Å². The Balaban J connectivity index is 1.87. The topological polar surface area (TPSA) is 83.4 Å².